The zero-order valence-electron chi connectivity index (χ0n) is 20.4. The number of aliphatic carboxylic acids is 2. The van der Waals surface area contributed by atoms with Gasteiger partial charge in [-0.25, -0.2) is 22.0 Å². The molecule has 4 aromatic rings. The standard InChI is InChI=1S/C25H26N2O3S.C2H2O4/c1-26(2)16-15-21-18-27(31(28,29)23-11-7-4-8-12-23)25-14-13-22(17-24(21)25)30-19-20-9-5-3-6-10-20;3-1(4)2(5)6/h3-14,17-18H,15-16,19H2,1-2H3;(H,3,4)(H,5,6). The summed E-state index contributed by atoms with van der Waals surface area (Å²) in [5.41, 5.74) is 2.72. The Hall–Kier alpha value is -4.15. The number of nitrogens with zero attached hydrogens (tertiary/aromatic N) is 2. The normalized spacial score (nSPS) is 11.1. The Kier molecular flexibility index (Phi) is 9.05. The molecule has 4 rings (SSSR count). The van der Waals surface area contributed by atoms with E-state index in [0.29, 0.717) is 12.1 Å². The SMILES string of the molecule is CN(C)CCc1cn(S(=O)(=O)c2ccccc2)c2ccc(OCc3ccccc3)cc12.O=C(O)C(=O)O. The molecule has 194 valence electrons. The van der Waals surface area contributed by atoms with Crippen LogP contribution in [0.4, 0.5) is 0 Å². The zero-order valence-corrected chi connectivity index (χ0v) is 21.3. The Morgan fingerprint density at radius 3 is 2.05 bits per heavy atom. The molecule has 9 nitrogen and oxygen atoms in total. The summed E-state index contributed by atoms with van der Waals surface area (Å²) in [5, 5.41) is 15.7. The van der Waals surface area contributed by atoms with Crippen LogP contribution in [-0.2, 0) is 32.6 Å². The molecule has 37 heavy (non-hydrogen) atoms. The maximum Gasteiger partial charge on any atom is 0.414 e. The van der Waals surface area contributed by atoms with Gasteiger partial charge in [0.15, 0.2) is 0 Å². The van der Waals surface area contributed by atoms with Gasteiger partial charge in [-0.2, -0.15) is 0 Å². The number of carboxylic acid groups (broad SMARTS) is 2. The molecule has 0 aliphatic rings. The van der Waals surface area contributed by atoms with Gasteiger partial charge in [-0.05, 0) is 62.0 Å². The first-order valence-corrected chi connectivity index (χ1v) is 12.8. The molecule has 1 heterocycles. The van der Waals surface area contributed by atoms with Gasteiger partial charge in [0.25, 0.3) is 10.0 Å². The van der Waals surface area contributed by atoms with E-state index in [-0.39, 0.29) is 4.90 Å². The second-order valence-electron chi connectivity index (χ2n) is 8.39. The van der Waals surface area contributed by atoms with Gasteiger partial charge >= 0.3 is 11.9 Å². The third kappa shape index (κ3) is 7.18. The maximum atomic E-state index is 13.3. The maximum absolute atomic E-state index is 13.3. The molecule has 0 atom stereocenters. The van der Waals surface area contributed by atoms with E-state index in [4.69, 9.17) is 24.5 Å². The van der Waals surface area contributed by atoms with Crippen LogP contribution in [0, 0.1) is 0 Å². The summed E-state index contributed by atoms with van der Waals surface area (Å²) in [6.45, 7) is 1.28. The van der Waals surface area contributed by atoms with Crippen LogP contribution in [0.3, 0.4) is 0 Å². The van der Waals surface area contributed by atoms with E-state index in [9.17, 15) is 8.42 Å². The minimum atomic E-state index is -3.69. The second kappa shape index (κ2) is 12.2. The van der Waals surface area contributed by atoms with Gasteiger partial charge < -0.3 is 19.8 Å². The predicted molar refractivity (Wildman–Crippen MR) is 139 cm³/mol. The Bertz CT molecular complexity index is 1450. The minimum absolute atomic E-state index is 0.274. The lowest BCUT2D eigenvalue weighted by atomic mass is 10.1. The van der Waals surface area contributed by atoms with Crippen molar-refractivity contribution in [3.63, 3.8) is 0 Å². The van der Waals surface area contributed by atoms with E-state index < -0.39 is 22.0 Å². The molecule has 0 saturated heterocycles. The fourth-order valence-corrected chi connectivity index (χ4v) is 4.94. The largest absolute Gasteiger partial charge is 0.489 e. The number of aromatic nitrogens is 1. The molecule has 3 aromatic carbocycles. The Balaban J connectivity index is 0.000000568. The summed E-state index contributed by atoms with van der Waals surface area (Å²) in [6.07, 6.45) is 2.49. The van der Waals surface area contributed by atoms with Crippen LogP contribution in [0.1, 0.15) is 11.1 Å². The average Bonchev–Trinajstić information content (AvgIpc) is 3.26. The number of fused-ring (bicyclic) bond motifs is 1. The summed E-state index contributed by atoms with van der Waals surface area (Å²) < 4.78 is 34.0. The number of benzene rings is 3. The molecule has 0 aliphatic heterocycles. The molecule has 0 unspecified atom stereocenters. The molecule has 0 radical (unpaired) electrons. The number of carbonyl (C=O) groups is 2. The first-order chi connectivity index (χ1) is 17.6. The van der Waals surface area contributed by atoms with E-state index in [1.54, 1.807) is 30.5 Å². The highest BCUT2D eigenvalue weighted by Gasteiger charge is 2.21. The monoisotopic (exact) mass is 524 g/mol. The zero-order chi connectivity index (χ0) is 27.0. The second-order valence-corrected chi connectivity index (χ2v) is 10.2. The fraction of sp³-hybridized carbons (Fsp3) is 0.185. The molecule has 0 bridgehead atoms. The smallest absolute Gasteiger partial charge is 0.414 e. The van der Waals surface area contributed by atoms with Gasteiger partial charge in [-0.1, -0.05) is 48.5 Å². The van der Waals surface area contributed by atoms with E-state index >= 15 is 0 Å². The van der Waals surface area contributed by atoms with Gasteiger partial charge in [0, 0.05) is 18.1 Å². The van der Waals surface area contributed by atoms with Gasteiger partial charge in [0.1, 0.15) is 12.4 Å². The summed E-state index contributed by atoms with van der Waals surface area (Å²) in [4.78, 5) is 20.6. The lowest BCUT2D eigenvalue weighted by Gasteiger charge is -2.09. The number of likely N-dealkylation sites (N-methyl/N-ethyl adjacent to an activating group) is 1. The van der Waals surface area contributed by atoms with Crippen molar-refractivity contribution in [3.8, 4) is 5.75 Å². The topological polar surface area (TPSA) is 126 Å². The van der Waals surface area contributed by atoms with Crippen LogP contribution in [-0.4, -0.2) is 60.1 Å². The molecule has 0 amide bonds. The highest BCUT2D eigenvalue weighted by Crippen LogP contribution is 2.30. The molecule has 1 aromatic heterocycles. The van der Waals surface area contributed by atoms with Crippen LogP contribution < -0.4 is 4.74 Å². The molecular formula is C27H28N2O7S. The number of carboxylic acids is 2. The van der Waals surface area contributed by atoms with E-state index in [1.807, 2.05) is 68.7 Å². The third-order valence-corrected chi connectivity index (χ3v) is 7.07. The van der Waals surface area contributed by atoms with Crippen molar-refractivity contribution in [2.24, 2.45) is 0 Å². The number of rotatable bonds is 8. The Morgan fingerprint density at radius 2 is 1.49 bits per heavy atom. The number of ether oxygens (including phenoxy) is 1. The van der Waals surface area contributed by atoms with Crippen molar-refractivity contribution in [2.45, 2.75) is 17.9 Å². The summed E-state index contributed by atoms with van der Waals surface area (Å²) >= 11 is 0. The van der Waals surface area contributed by atoms with E-state index in [1.165, 1.54) is 3.97 Å². The van der Waals surface area contributed by atoms with E-state index in [2.05, 4.69) is 4.90 Å². The van der Waals surface area contributed by atoms with Crippen LogP contribution in [0.25, 0.3) is 10.9 Å². The van der Waals surface area contributed by atoms with Crippen LogP contribution in [0.5, 0.6) is 5.75 Å². The molecule has 10 heteroatoms. The van der Waals surface area contributed by atoms with Crippen molar-refractivity contribution >= 4 is 32.9 Å². The molecule has 2 N–H and O–H groups in total. The summed E-state index contributed by atoms with van der Waals surface area (Å²) in [5.74, 6) is -2.93. The predicted octanol–water partition coefficient (Wildman–Crippen LogP) is 3.72. The lowest BCUT2D eigenvalue weighted by Crippen LogP contribution is -2.15. The molecule has 0 fully saturated rings. The average molecular weight is 525 g/mol. The lowest BCUT2D eigenvalue weighted by molar-refractivity contribution is -0.159. The van der Waals surface area contributed by atoms with E-state index in [0.717, 1.165) is 35.2 Å². The minimum Gasteiger partial charge on any atom is -0.489 e. The summed E-state index contributed by atoms with van der Waals surface area (Å²) in [6, 6.07) is 24.1. The van der Waals surface area contributed by atoms with Crippen LogP contribution in [0.15, 0.2) is 90.0 Å². The number of hydrogen-bond donors (Lipinski definition) is 2. The highest BCUT2D eigenvalue weighted by atomic mass is 32.2. The van der Waals surface area contributed by atoms with Crippen molar-refractivity contribution in [3.05, 3.63) is 96.2 Å². The van der Waals surface area contributed by atoms with Gasteiger partial charge in [0.2, 0.25) is 0 Å². The molecule has 0 aliphatic carbocycles. The van der Waals surface area contributed by atoms with Crippen molar-refractivity contribution < 1.29 is 33.0 Å². The van der Waals surface area contributed by atoms with Gasteiger partial charge in [0.05, 0.1) is 10.4 Å². The molecule has 0 saturated carbocycles. The van der Waals surface area contributed by atoms with Gasteiger partial charge in [-0.3, -0.25) is 0 Å². The quantitative estimate of drug-likeness (QED) is 0.334. The fourth-order valence-electron chi connectivity index (χ4n) is 3.52. The molecule has 0 spiro atoms. The summed E-state index contributed by atoms with van der Waals surface area (Å²) in [7, 11) is 0.327. The molecular weight excluding hydrogens is 496 g/mol. The first-order valence-electron chi connectivity index (χ1n) is 11.3. The Labute approximate surface area is 215 Å². The van der Waals surface area contributed by atoms with Crippen LogP contribution in [0.2, 0.25) is 0 Å². The van der Waals surface area contributed by atoms with Gasteiger partial charge in [-0.15, -0.1) is 0 Å². The first kappa shape index (κ1) is 27.4. The van der Waals surface area contributed by atoms with Crippen molar-refractivity contribution in [1.82, 2.24) is 8.87 Å². The number of hydrogen-bond acceptors (Lipinski definition) is 6. The van der Waals surface area contributed by atoms with Crippen LogP contribution >= 0.6 is 0 Å². The third-order valence-electron chi connectivity index (χ3n) is 5.38. The van der Waals surface area contributed by atoms with Crippen molar-refractivity contribution in [1.29, 1.82) is 0 Å². The van der Waals surface area contributed by atoms with Crippen molar-refractivity contribution in [2.75, 3.05) is 20.6 Å². The Morgan fingerprint density at radius 1 is 0.892 bits per heavy atom. The highest BCUT2D eigenvalue weighted by molar-refractivity contribution is 7.90.